The molecule has 0 bridgehead atoms. The summed E-state index contributed by atoms with van der Waals surface area (Å²) in [4.78, 5) is 0. The molecule has 96 valence electrons. The lowest BCUT2D eigenvalue weighted by atomic mass is 10.0. The predicted molar refractivity (Wildman–Crippen MR) is 89.2 cm³/mol. The highest BCUT2D eigenvalue weighted by molar-refractivity contribution is 9.08. The van der Waals surface area contributed by atoms with Crippen LogP contribution in [-0.2, 0) is 0 Å². The van der Waals surface area contributed by atoms with Crippen molar-refractivity contribution in [2.24, 2.45) is 0 Å². The van der Waals surface area contributed by atoms with E-state index in [1.54, 1.807) is 0 Å². The molecule has 0 saturated heterocycles. The third kappa shape index (κ3) is 1.61. The van der Waals surface area contributed by atoms with Crippen LogP contribution in [0.4, 0.5) is 0 Å². The Morgan fingerprint density at radius 3 is 2.20 bits per heavy atom. The third-order valence-corrected chi connectivity index (χ3v) is 4.46. The first-order chi connectivity index (χ1) is 9.86. The van der Waals surface area contributed by atoms with E-state index in [1.165, 1.54) is 32.9 Å². The van der Waals surface area contributed by atoms with E-state index in [0.29, 0.717) is 0 Å². The summed E-state index contributed by atoms with van der Waals surface area (Å²) >= 11 is 3.72. The Balaban J connectivity index is 2.19. The van der Waals surface area contributed by atoms with Crippen molar-refractivity contribution in [3.8, 4) is 11.1 Å². The van der Waals surface area contributed by atoms with Crippen LogP contribution in [0.25, 0.3) is 32.9 Å². The highest BCUT2D eigenvalue weighted by Crippen LogP contribution is 2.36. The van der Waals surface area contributed by atoms with Crippen molar-refractivity contribution in [3.63, 3.8) is 0 Å². The Morgan fingerprint density at radius 1 is 0.650 bits per heavy atom. The minimum Gasteiger partial charge on any atom is -0.275 e. The second kappa shape index (κ2) is 4.50. The number of fused-ring (bicyclic) bond motifs is 3. The first-order valence-electron chi connectivity index (χ1n) is 6.60. The van der Waals surface area contributed by atoms with E-state index < -0.39 is 0 Å². The van der Waals surface area contributed by atoms with Gasteiger partial charge in [-0.1, -0.05) is 66.7 Å². The van der Waals surface area contributed by atoms with Crippen LogP contribution in [0.15, 0.2) is 72.8 Å². The molecule has 1 aromatic heterocycles. The predicted octanol–water partition coefficient (Wildman–Crippen LogP) is 5.62. The number of rotatable bonds is 1. The standard InChI is InChI=1S/C18H12BrN/c19-20-17-12-5-4-9-15(17)16-11-6-10-14(18(16)20)13-7-2-1-3-8-13/h1-12H. The van der Waals surface area contributed by atoms with E-state index in [1.807, 2.05) is 6.07 Å². The fraction of sp³-hybridized carbons (Fsp3) is 0. The lowest BCUT2D eigenvalue weighted by Gasteiger charge is -2.05. The van der Waals surface area contributed by atoms with Crippen LogP contribution in [0.3, 0.4) is 0 Å². The normalized spacial score (nSPS) is 11.2. The van der Waals surface area contributed by atoms with Crippen molar-refractivity contribution in [1.82, 2.24) is 3.59 Å². The average molecular weight is 322 g/mol. The maximum atomic E-state index is 3.72. The van der Waals surface area contributed by atoms with Gasteiger partial charge in [-0.2, -0.15) is 0 Å². The zero-order valence-corrected chi connectivity index (χ0v) is 12.3. The molecule has 0 unspecified atom stereocenters. The van der Waals surface area contributed by atoms with Gasteiger partial charge in [0.2, 0.25) is 0 Å². The van der Waals surface area contributed by atoms with Gasteiger partial charge in [0.1, 0.15) is 0 Å². The van der Waals surface area contributed by atoms with Crippen molar-refractivity contribution < 1.29 is 0 Å². The summed E-state index contributed by atoms with van der Waals surface area (Å²) in [5, 5.41) is 2.55. The Hall–Kier alpha value is -2.06. The Kier molecular flexibility index (Phi) is 2.64. The molecule has 0 atom stereocenters. The van der Waals surface area contributed by atoms with Crippen LogP contribution in [-0.4, -0.2) is 3.59 Å². The van der Waals surface area contributed by atoms with E-state index >= 15 is 0 Å². The summed E-state index contributed by atoms with van der Waals surface area (Å²) < 4.78 is 2.11. The third-order valence-electron chi connectivity index (χ3n) is 3.72. The fourth-order valence-electron chi connectivity index (χ4n) is 2.82. The van der Waals surface area contributed by atoms with Gasteiger partial charge in [-0.05, 0) is 11.6 Å². The molecule has 20 heavy (non-hydrogen) atoms. The highest BCUT2D eigenvalue weighted by Gasteiger charge is 2.12. The van der Waals surface area contributed by atoms with E-state index in [4.69, 9.17) is 0 Å². The van der Waals surface area contributed by atoms with Crippen molar-refractivity contribution >= 4 is 38.0 Å². The van der Waals surface area contributed by atoms with Gasteiger partial charge in [0.15, 0.2) is 0 Å². The molecule has 0 amide bonds. The number of para-hydroxylation sites is 2. The van der Waals surface area contributed by atoms with Gasteiger partial charge in [-0.15, -0.1) is 0 Å². The van der Waals surface area contributed by atoms with Gasteiger partial charge < -0.3 is 0 Å². The minimum absolute atomic E-state index is 1.20. The van der Waals surface area contributed by atoms with Crippen molar-refractivity contribution in [1.29, 1.82) is 0 Å². The SMILES string of the molecule is Brn1c2ccccc2c2cccc(-c3ccccc3)c21. The van der Waals surface area contributed by atoms with Crippen LogP contribution >= 0.6 is 16.1 Å². The summed E-state index contributed by atoms with van der Waals surface area (Å²) in [5.74, 6) is 0. The second-order valence-electron chi connectivity index (χ2n) is 4.87. The van der Waals surface area contributed by atoms with Gasteiger partial charge in [0.05, 0.1) is 27.2 Å². The Bertz CT molecular complexity index is 907. The number of hydrogen-bond donors (Lipinski definition) is 0. The van der Waals surface area contributed by atoms with Gasteiger partial charge >= 0.3 is 0 Å². The molecule has 4 aromatic rings. The molecule has 0 saturated carbocycles. The zero-order valence-electron chi connectivity index (χ0n) is 10.8. The maximum Gasteiger partial charge on any atom is 0.0683 e. The maximum absolute atomic E-state index is 3.72. The minimum atomic E-state index is 1.20. The van der Waals surface area contributed by atoms with E-state index in [9.17, 15) is 0 Å². The number of hydrogen-bond acceptors (Lipinski definition) is 0. The Labute approximate surface area is 125 Å². The van der Waals surface area contributed by atoms with Crippen LogP contribution < -0.4 is 0 Å². The monoisotopic (exact) mass is 321 g/mol. The van der Waals surface area contributed by atoms with Gasteiger partial charge in [0, 0.05) is 16.3 Å². The lowest BCUT2D eigenvalue weighted by Crippen LogP contribution is -1.83. The molecule has 0 fully saturated rings. The Morgan fingerprint density at radius 2 is 1.35 bits per heavy atom. The van der Waals surface area contributed by atoms with Crippen LogP contribution in [0.5, 0.6) is 0 Å². The zero-order chi connectivity index (χ0) is 13.5. The highest BCUT2D eigenvalue weighted by atomic mass is 79.9. The smallest absolute Gasteiger partial charge is 0.0683 e. The molecular weight excluding hydrogens is 310 g/mol. The summed E-state index contributed by atoms with van der Waals surface area (Å²) in [6.45, 7) is 0. The molecule has 0 spiro atoms. The van der Waals surface area contributed by atoms with Crippen LogP contribution in [0.2, 0.25) is 0 Å². The molecule has 3 aromatic carbocycles. The van der Waals surface area contributed by atoms with Gasteiger partial charge in [-0.3, -0.25) is 3.59 Å². The van der Waals surface area contributed by atoms with Crippen molar-refractivity contribution in [3.05, 3.63) is 72.8 Å². The summed E-state index contributed by atoms with van der Waals surface area (Å²) in [7, 11) is 0. The van der Waals surface area contributed by atoms with Crippen molar-refractivity contribution in [2.45, 2.75) is 0 Å². The van der Waals surface area contributed by atoms with E-state index in [2.05, 4.69) is 86.5 Å². The number of benzene rings is 3. The van der Waals surface area contributed by atoms with Crippen molar-refractivity contribution in [2.75, 3.05) is 0 Å². The quantitative estimate of drug-likeness (QED) is 0.429. The molecule has 1 nitrogen and oxygen atoms in total. The van der Waals surface area contributed by atoms with E-state index in [-0.39, 0.29) is 0 Å². The van der Waals surface area contributed by atoms with Gasteiger partial charge in [-0.25, -0.2) is 0 Å². The average Bonchev–Trinajstić information content (AvgIpc) is 2.82. The molecule has 0 N–H and O–H groups in total. The lowest BCUT2D eigenvalue weighted by molar-refractivity contribution is 1.45. The molecule has 4 rings (SSSR count). The van der Waals surface area contributed by atoms with Gasteiger partial charge in [0.25, 0.3) is 0 Å². The molecule has 0 aliphatic carbocycles. The number of nitrogens with zero attached hydrogens (tertiary/aromatic N) is 1. The molecule has 0 radical (unpaired) electrons. The topological polar surface area (TPSA) is 4.93 Å². The molecule has 1 heterocycles. The summed E-state index contributed by atoms with van der Waals surface area (Å²) in [5.41, 5.74) is 4.91. The number of aromatic nitrogens is 1. The summed E-state index contributed by atoms with van der Waals surface area (Å²) in [6.07, 6.45) is 0. The molecule has 0 aliphatic heterocycles. The fourth-order valence-corrected chi connectivity index (χ4v) is 3.51. The van der Waals surface area contributed by atoms with Crippen LogP contribution in [0.1, 0.15) is 0 Å². The molecule has 0 aliphatic rings. The van der Waals surface area contributed by atoms with Crippen LogP contribution in [0, 0.1) is 0 Å². The summed E-state index contributed by atoms with van der Waals surface area (Å²) in [6, 6.07) is 25.5. The second-order valence-corrected chi connectivity index (χ2v) is 5.58. The molecular formula is C18H12BrN. The first-order valence-corrected chi connectivity index (χ1v) is 7.31. The largest absolute Gasteiger partial charge is 0.275 e. The molecule has 2 heteroatoms. The number of halogens is 1. The first kappa shape index (κ1) is 11.7. The van der Waals surface area contributed by atoms with E-state index in [0.717, 1.165) is 0 Å².